The van der Waals surface area contributed by atoms with Gasteiger partial charge in [-0.15, -0.1) is 0 Å². The number of imidazole rings is 1. The fraction of sp³-hybridized carbons (Fsp3) is 0.308. The first kappa shape index (κ1) is 21.5. The maximum Gasteiger partial charge on any atom is 0.314 e. The van der Waals surface area contributed by atoms with Gasteiger partial charge < -0.3 is 10.2 Å². The van der Waals surface area contributed by atoms with Crippen molar-refractivity contribution in [1.29, 1.82) is 0 Å². The summed E-state index contributed by atoms with van der Waals surface area (Å²) in [5.74, 6) is 0.0384. The molecule has 0 fully saturated rings. The predicted octanol–water partition coefficient (Wildman–Crippen LogP) is 5.99. The van der Waals surface area contributed by atoms with Crippen LogP contribution in [0.15, 0.2) is 54.9 Å². The quantitative estimate of drug-likeness (QED) is 0.477. The number of hydrogen-bond acceptors (Lipinski definition) is 3. The molecule has 1 amide bonds. The zero-order valence-electron chi connectivity index (χ0n) is 18.5. The van der Waals surface area contributed by atoms with Crippen molar-refractivity contribution in [3.63, 3.8) is 0 Å². The van der Waals surface area contributed by atoms with Crippen LogP contribution in [0.2, 0.25) is 0 Å². The van der Waals surface area contributed by atoms with Gasteiger partial charge in [0.15, 0.2) is 0 Å². The standard InChI is InChI=1S/C26H27N5O/c1-26(2)13-11-19(12-14-26)21-16-18(7-9-20-6-4-5-15-28-20)8-10-22(21)30-25(32)24-29-17-23(27-3)31-24/h4-6,8,10-11,15-17H,7,9,12-14H2,1-2H3,(H,29,31)(H,30,32). The first-order valence-corrected chi connectivity index (χ1v) is 10.9. The Bertz CT molecular complexity index is 1180. The van der Waals surface area contributed by atoms with Gasteiger partial charge in [0.1, 0.15) is 0 Å². The number of hydrogen-bond donors (Lipinski definition) is 2. The number of pyridine rings is 1. The van der Waals surface area contributed by atoms with Gasteiger partial charge in [-0.1, -0.05) is 38.6 Å². The second-order valence-corrected chi connectivity index (χ2v) is 8.98. The van der Waals surface area contributed by atoms with Gasteiger partial charge in [-0.25, -0.2) is 4.98 Å². The summed E-state index contributed by atoms with van der Waals surface area (Å²) in [6.45, 7) is 11.6. The van der Waals surface area contributed by atoms with Crippen molar-refractivity contribution in [2.45, 2.75) is 46.0 Å². The summed E-state index contributed by atoms with van der Waals surface area (Å²) in [7, 11) is 0. The smallest absolute Gasteiger partial charge is 0.314 e. The second-order valence-electron chi connectivity index (χ2n) is 8.98. The molecule has 0 spiro atoms. The molecule has 32 heavy (non-hydrogen) atoms. The molecular weight excluding hydrogens is 398 g/mol. The Kier molecular flexibility index (Phi) is 6.18. The highest BCUT2D eigenvalue weighted by Crippen LogP contribution is 2.40. The number of nitrogens with one attached hydrogen (secondary N) is 2. The number of amides is 1. The minimum atomic E-state index is -0.348. The van der Waals surface area contributed by atoms with Crippen LogP contribution >= 0.6 is 0 Å². The van der Waals surface area contributed by atoms with E-state index in [4.69, 9.17) is 6.57 Å². The van der Waals surface area contributed by atoms with Crippen LogP contribution in [0.5, 0.6) is 0 Å². The van der Waals surface area contributed by atoms with Crippen molar-refractivity contribution < 1.29 is 4.79 Å². The Hall–Kier alpha value is -3.72. The highest BCUT2D eigenvalue weighted by molar-refractivity contribution is 6.03. The number of rotatable bonds is 6. The van der Waals surface area contributed by atoms with Crippen molar-refractivity contribution in [2.75, 3.05) is 5.32 Å². The molecule has 0 unspecified atom stereocenters. The van der Waals surface area contributed by atoms with Crippen molar-refractivity contribution in [3.05, 3.63) is 88.9 Å². The molecule has 162 valence electrons. The summed E-state index contributed by atoms with van der Waals surface area (Å²) >= 11 is 0. The Labute approximate surface area is 188 Å². The van der Waals surface area contributed by atoms with Gasteiger partial charge >= 0.3 is 5.91 Å². The number of anilines is 1. The number of benzene rings is 1. The number of H-pyrrole nitrogens is 1. The third-order valence-corrected chi connectivity index (χ3v) is 5.94. The maximum absolute atomic E-state index is 12.7. The molecule has 1 aliphatic rings. The predicted molar refractivity (Wildman–Crippen MR) is 126 cm³/mol. The van der Waals surface area contributed by atoms with E-state index in [1.807, 2.05) is 30.5 Å². The van der Waals surface area contributed by atoms with E-state index in [-0.39, 0.29) is 17.5 Å². The lowest BCUT2D eigenvalue weighted by Crippen LogP contribution is -2.17. The molecular formula is C26H27N5O. The van der Waals surface area contributed by atoms with E-state index < -0.39 is 0 Å². The summed E-state index contributed by atoms with van der Waals surface area (Å²) in [6.07, 6.45) is 10.3. The molecule has 6 nitrogen and oxygen atoms in total. The summed E-state index contributed by atoms with van der Waals surface area (Å²) in [5, 5.41) is 2.99. The van der Waals surface area contributed by atoms with Crippen LogP contribution in [-0.2, 0) is 12.8 Å². The normalized spacial score (nSPS) is 15.0. The first-order valence-electron chi connectivity index (χ1n) is 10.9. The van der Waals surface area contributed by atoms with Crippen molar-refractivity contribution in [1.82, 2.24) is 15.0 Å². The number of allylic oxidation sites excluding steroid dienone is 2. The third-order valence-electron chi connectivity index (χ3n) is 5.94. The lowest BCUT2D eigenvalue weighted by Gasteiger charge is -2.29. The number of aryl methyl sites for hydroxylation is 2. The zero-order chi connectivity index (χ0) is 22.6. The van der Waals surface area contributed by atoms with Crippen LogP contribution in [0.3, 0.4) is 0 Å². The van der Waals surface area contributed by atoms with Gasteiger partial charge in [0, 0.05) is 23.1 Å². The highest BCUT2D eigenvalue weighted by atomic mass is 16.2. The molecule has 1 aliphatic carbocycles. The van der Waals surface area contributed by atoms with Gasteiger partial charge in [0.25, 0.3) is 5.82 Å². The van der Waals surface area contributed by atoms with E-state index in [9.17, 15) is 4.79 Å². The lowest BCUT2D eigenvalue weighted by atomic mass is 9.76. The fourth-order valence-corrected chi connectivity index (χ4v) is 3.93. The van der Waals surface area contributed by atoms with Gasteiger partial charge in [-0.3, -0.25) is 14.8 Å². The fourth-order valence-electron chi connectivity index (χ4n) is 3.93. The van der Waals surface area contributed by atoms with Crippen LogP contribution in [0, 0.1) is 12.0 Å². The molecule has 1 aromatic carbocycles. The van der Waals surface area contributed by atoms with E-state index in [2.05, 4.69) is 57.2 Å². The molecule has 0 saturated carbocycles. The molecule has 2 N–H and O–H groups in total. The average Bonchev–Trinajstić information content (AvgIpc) is 3.29. The van der Waals surface area contributed by atoms with Gasteiger partial charge in [0.05, 0.1) is 6.20 Å². The van der Waals surface area contributed by atoms with Crippen molar-refractivity contribution >= 4 is 23.0 Å². The molecule has 0 saturated heterocycles. The molecule has 4 rings (SSSR count). The molecule has 3 aromatic rings. The lowest BCUT2D eigenvalue weighted by molar-refractivity contribution is 0.101. The number of carbonyl (C=O) groups is 1. The molecule has 2 aromatic heterocycles. The van der Waals surface area contributed by atoms with E-state index in [1.165, 1.54) is 17.3 Å². The minimum absolute atomic E-state index is 0.139. The molecule has 0 bridgehead atoms. The molecule has 6 heteroatoms. The molecule has 0 radical (unpaired) electrons. The summed E-state index contributed by atoms with van der Waals surface area (Å²) in [5.41, 5.74) is 5.67. The van der Waals surface area contributed by atoms with Crippen LogP contribution in [-0.4, -0.2) is 20.9 Å². The zero-order valence-corrected chi connectivity index (χ0v) is 18.5. The van der Waals surface area contributed by atoms with Crippen molar-refractivity contribution in [2.24, 2.45) is 5.41 Å². The van der Waals surface area contributed by atoms with E-state index in [1.54, 1.807) is 0 Å². The summed E-state index contributed by atoms with van der Waals surface area (Å²) in [6, 6.07) is 12.2. The Morgan fingerprint density at radius 2 is 2.09 bits per heavy atom. The van der Waals surface area contributed by atoms with E-state index in [0.29, 0.717) is 5.41 Å². The second kappa shape index (κ2) is 9.19. The number of aromatic amines is 1. The molecule has 2 heterocycles. The summed E-state index contributed by atoms with van der Waals surface area (Å²) < 4.78 is 0. The largest absolute Gasteiger partial charge is 0.363 e. The monoisotopic (exact) mass is 425 g/mol. The average molecular weight is 426 g/mol. The topological polar surface area (TPSA) is 75.0 Å². The molecule has 0 aliphatic heterocycles. The van der Waals surface area contributed by atoms with Gasteiger partial charge in [0.2, 0.25) is 5.82 Å². The van der Waals surface area contributed by atoms with Gasteiger partial charge in [-0.2, -0.15) is 0 Å². The summed E-state index contributed by atoms with van der Waals surface area (Å²) in [4.78, 5) is 27.2. The number of carbonyl (C=O) groups excluding carboxylic acids is 1. The van der Waals surface area contributed by atoms with Crippen LogP contribution in [0.4, 0.5) is 11.5 Å². The Balaban J connectivity index is 1.60. The number of aromatic nitrogens is 3. The van der Waals surface area contributed by atoms with E-state index >= 15 is 0 Å². The third kappa shape index (κ3) is 5.12. The minimum Gasteiger partial charge on any atom is -0.363 e. The SMILES string of the molecule is [C-]#[N+]c1cnc(C(=O)Nc2ccc(CCc3ccccn3)cc2C2=CCC(C)(C)CC2)[nH]1. The number of nitrogens with zero attached hydrogens (tertiary/aromatic N) is 3. The van der Waals surface area contributed by atoms with E-state index in [0.717, 1.165) is 49.0 Å². The molecule has 0 atom stereocenters. The Morgan fingerprint density at radius 1 is 1.22 bits per heavy atom. The van der Waals surface area contributed by atoms with Crippen LogP contribution in [0.25, 0.3) is 10.4 Å². The first-order chi connectivity index (χ1) is 15.4. The maximum atomic E-state index is 12.7. The van der Waals surface area contributed by atoms with Crippen LogP contribution < -0.4 is 5.32 Å². The van der Waals surface area contributed by atoms with Crippen LogP contribution in [0.1, 0.15) is 60.5 Å². The van der Waals surface area contributed by atoms with Crippen molar-refractivity contribution in [3.8, 4) is 0 Å². The highest BCUT2D eigenvalue weighted by Gasteiger charge is 2.24. The Morgan fingerprint density at radius 3 is 2.78 bits per heavy atom. The van der Waals surface area contributed by atoms with Gasteiger partial charge in [-0.05, 0) is 72.9 Å².